The van der Waals surface area contributed by atoms with E-state index in [0.717, 1.165) is 6.26 Å². The number of aromatic nitrogens is 1. The van der Waals surface area contributed by atoms with Gasteiger partial charge in [0.1, 0.15) is 12.3 Å². The Morgan fingerprint density at radius 2 is 2.04 bits per heavy atom. The van der Waals surface area contributed by atoms with Crippen LogP contribution in [0.4, 0.5) is 11.4 Å². The quantitative estimate of drug-likeness (QED) is 0.865. The van der Waals surface area contributed by atoms with E-state index in [9.17, 15) is 18.0 Å². The van der Waals surface area contributed by atoms with Crippen LogP contribution < -0.4 is 15.0 Å². The van der Waals surface area contributed by atoms with E-state index in [1.165, 1.54) is 23.2 Å². The maximum Gasteiger partial charge on any atom is 0.265 e. The average molecular weight is 361 g/mol. The normalized spacial score (nSPS) is 13.8. The van der Waals surface area contributed by atoms with Crippen LogP contribution in [0.3, 0.4) is 0 Å². The van der Waals surface area contributed by atoms with Crippen LogP contribution in [0.5, 0.6) is 5.75 Å². The number of carbonyl (C=O) groups is 2. The third-order valence-corrected chi connectivity index (χ3v) is 4.51. The van der Waals surface area contributed by atoms with Crippen molar-refractivity contribution in [2.24, 2.45) is 0 Å². The SMILES string of the molecule is CS(=O)(=O)c1ccc(NC(=O)CN2C(=O)COc3ccccc32)cn1. The Hall–Kier alpha value is -2.94. The van der Waals surface area contributed by atoms with Crippen LogP contribution in [0, 0.1) is 0 Å². The van der Waals surface area contributed by atoms with Crippen LogP contribution >= 0.6 is 0 Å². The molecule has 0 atom stereocenters. The van der Waals surface area contributed by atoms with Crippen LogP contribution in [-0.2, 0) is 19.4 Å². The van der Waals surface area contributed by atoms with Gasteiger partial charge in [-0.15, -0.1) is 0 Å². The third-order valence-electron chi connectivity index (χ3n) is 3.51. The van der Waals surface area contributed by atoms with Gasteiger partial charge < -0.3 is 10.1 Å². The number of pyridine rings is 1. The van der Waals surface area contributed by atoms with E-state index in [1.54, 1.807) is 24.3 Å². The minimum atomic E-state index is -3.40. The maximum atomic E-state index is 12.2. The van der Waals surface area contributed by atoms with Gasteiger partial charge in [-0.2, -0.15) is 0 Å². The number of fused-ring (bicyclic) bond motifs is 1. The fraction of sp³-hybridized carbons (Fsp3) is 0.188. The molecule has 0 saturated heterocycles. The Morgan fingerprint density at radius 3 is 2.72 bits per heavy atom. The zero-order chi connectivity index (χ0) is 18.0. The van der Waals surface area contributed by atoms with Gasteiger partial charge in [-0.3, -0.25) is 14.5 Å². The van der Waals surface area contributed by atoms with Gasteiger partial charge in [-0.05, 0) is 24.3 Å². The summed E-state index contributed by atoms with van der Waals surface area (Å²) in [6.45, 7) is -0.318. The minimum absolute atomic E-state index is 0.0808. The number of anilines is 2. The van der Waals surface area contributed by atoms with E-state index in [1.807, 2.05) is 0 Å². The highest BCUT2D eigenvalue weighted by Crippen LogP contribution is 2.31. The molecular weight excluding hydrogens is 346 g/mol. The topological polar surface area (TPSA) is 106 Å². The highest BCUT2D eigenvalue weighted by atomic mass is 32.2. The predicted octanol–water partition coefficient (Wildman–Crippen LogP) is 0.849. The van der Waals surface area contributed by atoms with E-state index >= 15 is 0 Å². The number of hydrogen-bond acceptors (Lipinski definition) is 6. The summed E-state index contributed by atoms with van der Waals surface area (Å²) in [6, 6.07) is 9.69. The van der Waals surface area contributed by atoms with Crippen LogP contribution in [0.2, 0.25) is 0 Å². The number of amides is 2. The summed E-state index contributed by atoms with van der Waals surface area (Å²) in [6.07, 6.45) is 2.30. The van der Waals surface area contributed by atoms with Crippen molar-refractivity contribution in [3.63, 3.8) is 0 Å². The molecule has 0 radical (unpaired) electrons. The molecule has 25 heavy (non-hydrogen) atoms. The van der Waals surface area contributed by atoms with E-state index < -0.39 is 15.7 Å². The number of rotatable bonds is 4. The van der Waals surface area contributed by atoms with E-state index in [-0.39, 0.29) is 24.1 Å². The predicted molar refractivity (Wildman–Crippen MR) is 90.3 cm³/mol. The van der Waals surface area contributed by atoms with Crippen molar-refractivity contribution < 1.29 is 22.7 Å². The van der Waals surface area contributed by atoms with Crippen LogP contribution in [-0.4, -0.2) is 44.6 Å². The summed E-state index contributed by atoms with van der Waals surface area (Å²) in [5, 5.41) is 2.51. The molecule has 9 heteroatoms. The molecule has 1 aliphatic rings. The third kappa shape index (κ3) is 3.77. The van der Waals surface area contributed by atoms with Gasteiger partial charge in [0.05, 0.1) is 17.6 Å². The number of benzene rings is 1. The van der Waals surface area contributed by atoms with E-state index in [4.69, 9.17) is 4.74 Å². The molecule has 130 valence electrons. The number of nitrogens with zero attached hydrogens (tertiary/aromatic N) is 2. The maximum absolute atomic E-state index is 12.2. The fourth-order valence-corrected chi connectivity index (χ4v) is 2.90. The van der Waals surface area contributed by atoms with Crippen LogP contribution in [0.1, 0.15) is 0 Å². The van der Waals surface area contributed by atoms with Gasteiger partial charge in [0, 0.05) is 6.26 Å². The number of para-hydroxylation sites is 2. The number of hydrogen-bond donors (Lipinski definition) is 1. The van der Waals surface area contributed by atoms with Crippen molar-refractivity contribution in [1.29, 1.82) is 0 Å². The molecule has 0 fully saturated rings. The number of nitrogens with one attached hydrogen (secondary N) is 1. The summed E-state index contributed by atoms with van der Waals surface area (Å²) in [5.74, 6) is -0.215. The van der Waals surface area contributed by atoms with E-state index in [0.29, 0.717) is 17.1 Å². The molecule has 1 N–H and O–H groups in total. The van der Waals surface area contributed by atoms with Crippen LogP contribution in [0.25, 0.3) is 0 Å². The lowest BCUT2D eigenvalue weighted by molar-refractivity contribution is -0.123. The second-order valence-corrected chi connectivity index (χ2v) is 7.40. The highest BCUT2D eigenvalue weighted by Gasteiger charge is 2.26. The molecule has 0 spiro atoms. The van der Waals surface area contributed by atoms with Gasteiger partial charge in [-0.1, -0.05) is 12.1 Å². The molecule has 1 aliphatic heterocycles. The lowest BCUT2D eigenvalue weighted by atomic mass is 10.2. The monoisotopic (exact) mass is 361 g/mol. The smallest absolute Gasteiger partial charge is 0.265 e. The molecule has 2 amide bonds. The second kappa shape index (κ2) is 6.52. The molecule has 2 aromatic rings. The summed E-state index contributed by atoms with van der Waals surface area (Å²) in [4.78, 5) is 29.4. The first-order chi connectivity index (χ1) is 11.8. The van der Waals surface area contributed by atoms with Gasteiger partial charge in [0.2, 0.25) is 5.91 Å². The molecular formula is C16H15N3O5S. The van der Waals surface area contributed by atoms with Crippen molar-refractivity contribution in [2.75, 3.05) is 29.6 Å². The molecule has 1 aromatic heterocycles. The summed E-state index contributed by atoms with van der Waals surface area (Å²) < 4.78 is 28.1. The Kier molecular flexibility index (Phi) is 4.41. The fourth-order valence-electron chi connectivity index (χ4n) is 2.35. The van der Waals surface area contributed by atoms with Gasteiger partial charge in [0.15, 0.2) is 21.5 Å². The van der Waals surface area contributed by atoms with Gasteiger partial charge in [0.25, 0.3) is 5.91 Å². The molecule has 0 saturated carbocycles. The second-order valence-electron chi connectivity index (χ2n) is 5.44. The first-order valence-electron chi connectivity index (χ1n) is 7.33. The Balaban J connectivity index is 1.72. The van der Waals surface area contributed by atoms with E-state index in [2.05, 4.69) is 10.3 Å². The van der Waals surface area contributed by atoms with Gasteiger partial charge >= 0.3 is 0 Å². The molecule has 0 bridgehead atoms. The highest BCUT2D eigenvalue weighted by molar-refractivity contribution is 7.90. The summed E-state index contributed by atoms with van der Waals surface area (Å²) >= 11 is 0. The minimum Gasteiger partial charge on any atom is -0.482 e. The molecule has 8 nitrogen and oxygen atoms in total. The van der Waals surface area contributed by atoms with Crippen molar-refractivity contribution in [2.45, 2.75) is 5.03 Å². The summed E-state index contributed by atoms with van der Waals surface area (Å²) in [7, 11) is -3.40. The summed E-state index contributed by atoms with van der Waals surface area (Å²) in [5.41, 5.74) is 0.867. The molecule has 3 rings (SSSR count). The number of ether oxygens (including phenoxy) is 1. The largest absolute Gasteiger partial charge is 0.482 e. The number of carbonyl (C=O) groups excluding carboxylic acids is 2. The average Bonchev–Trinajstić information content (AvgIpc) is 2.57. The Bertz CT molecular complexity index is 925. The van der Waals surface area contributed by atoms with Crippen molar-refractivity contribution >= 4 is 33.0 Å². The van der Waals surface area contributed by atoms with Crippen molar-refractivity contribution in [3.05, 3.63) is 42.6 Å². The Labute approximate surface area is 144 Å². The lowest BCUT2D eigenvalue weighted by Gasteiger charge is -2.28. The standard InChI is InChI=1S/C16H15N3O5S/c1-25(22,23)15-7-6-11(8-17-15)18-14(20)9-19-12-4-2-3-5-13(12)24-10-16(19)21/h2-8H,9-10H2,1H3,(H,18,20). The molecule has 2 heterocycles. The molecule has 1 aromatic carbocycles. The lowest BCUT2D eigenvalue weighted by Crippen LogP contribution is -2.43. The zero-order valence-electron chi connectivity index (χ0n) is 13.3. The van der Waals surface area contributed by atoms with Crippen LogP contribution in [0.15, 0.2) is 47.6 Å². The number of sulfone groups is 1. The zero-order valence-corrected chi connectivity index (χ0v) is 14.1. The Morgan fingerprint density at radius 1 is 1.28 bits per heavy atom. The van der Waals surface area contributed by atoms with Gasteiger partial charge in [-0.25, -0.2) is 13.4 Å². The molecule has 0 unspecified atom stereocenters. The van der Waals surface area contributed by atoms with Crippen molar-refractivity contribution in [1.82, 2.24) is 4.98 Å². The molecule has 0 aliphatic carbocycles. The van der Waals surface area contributed by atoms with Crippen molar-refractivity contribution in [3.8, 4) is 5.75 Å². The first kappa shape index (κ1) is 16.9. The first-order valence-corrected chi connectivity index (χ1v) is 9.22.